The van der Waals surface area contributed by atoms with Crippen LogP contribution in [-0.4, -0.2) is 23.0 Å². The molecule has 0 radical (unpaired) electrons. The molecule has 0 aromatic rings. The molecule has 3 heteroatoms. The molecule has 0 aromatic heterocycles. The van der Waals surface area contributed by atoms with Crippen LogP contribution in [0.15, 0.2) is 35.1 Å². The summed E-state index contributed by atoms with van der Waals surface area (Å²) in [4.78, 5) is 0. The van der Waals surface area contributed by atoms with Crippen LogP contribution < -0.4 is 0 Å². The lowest BCUT2D eigenvalue weighted by Crippen LogP contribution is -2.26. The zero-order valence-electron chi connectivity index (χ0n) is 11.1. The predicted molar refractivity (Wildman–Crippen MR) is 72.7 cm³/mol. The van der Waals surface area contributed by atoms with Crippen LogP contribution in [-0.2, 0) is 4.74 Å². The number of allylic oxidation sites excluding steroid dienone is 5. The Morgan fingerprint density at radius 2 is 1.94 bits per heavy atom. The highest BCUT2D eigenvalue weighted by Gasteiger charge is 2.24. The number of rotatable bonds is 2. The average molecular weight is 247 g/mol. The van der Waals surface area contributed by atoms with E-state index in [0.717, 1.165) is 36.8 Å². The summed E-state index contributed by atoms with van der Waals surface area (Å²) in [7, 11) is 0. The highest BCUT2D eigenvalue weighted by molar-refractivity contribution is 6.12. The lowest BCUT2D eigenvalue weighted by Gasteiger charge is -2.29. The summed E-state index contributed by atoms with van der Waals surface area (Å²) in [6, 6.07) is 0. The second kappa shape index (κ2) is 5.53. The molecular weight excluding hydrogens is 226 g/mol. The van der Waals surface area contributed by atoms with Crippen molar-refractivity contribution >= 4 is 5.71 Å². The van der Waals surface area contributed by atoms with E-state index in [1.54, 1.807) is 0 Å². The van der Waals surface area contributed by atoms with E-state index in [-0.39, 0.29) is 12.2 Å². The third kappa shape index (κ3) is 2.72. The van der Waals surface area contributed by atoms with Gasteiger partial charge in [0.25, 0.3) is 0 Å². The van der Waals surface area contributed by atoms with E-state index in [1.165, 1.54) is 0 Å². The summed E-state index contributed by atoms with van der Waals surface area (Å²) >= 11 is 0. The maximum atomic E-state index is 9.49. The van der Waals surface area contributed by atoms with Gasteiger partial charge in [-0.2, -0.15) is 0 Å². The Hall–Kier alpha value is -1.35. The highest BCUT2D eigenvalue weighted by Crippen LogP contribution is 2.27. The van der Waals surface area contributed by atoms with Crippen LogP contribution in [0.2, 0.25) is 0 Å². The summed E-state index contributed by atoms with van der Waals surface area (Å²) in [5.74, 6) is 0.701. The van der Waals surface area contributed by atoms with Gasteiger partial charge in [0.15, 0.2) is 0 Å². The number of hydrogen-bond acceptors (Lipinski definition) is 3. The van der Waals surface area contributed by atoms with Crippen LogP contribution in [0.5, 0.6) is 0 Å². The minimum absolute atomic E-state index is 0.142. The van der Waals surface area contributed by atoms with E-state index < -0.39 is 0 Å². The third-order valence-corrected chi connectivity index (χ3v) is 3.63. The largest absolute Gasteiger partial charge is 0.488 e. The number of aliphatic hydroxyl groups is 1. The molecule has 1 fully saturated rings. The molecule has 0 unspecified atom stereocenters. The van der Waals surface area contributed by atoms with Crippen molar-refractivity contribution < 1.29 is 9.84 Å². The Kier molecular flexibility index (Phi) is 4.02. The summed E-state index contributed by atoms with van der Waals surface area (Å²) in [5.41, 5.74) is 2.40. The molecule has 0 spiro atoms. The van der Waals surface area contributed by atoms with Crippen molar-refractivity contribution in [1.29, 1.82) is 5.41 Å². The van der Waals surface area contributed by atoms with Crippen LogP contribution in [0.1, 0.15) is 39.5 Å². The van der Waals surface area contributed by atoms with Crippen molar-refractivity contribution in [2.45, 2.75) is 51.7 Å². The number of hydrogen-bond donors (Lipinski definition) is 2. The van der Waals surface area contributed by atoms with E-state index in [9.17, 15) is 5.11 Å². The summed E-state index contributed by atoms with van der Waals surface area (Å²) < 4.78 is 5.99. The van der Waals surface area contributed by atoms with Crippen molar-refractivity contribution in [3.05, 3.63) is 35.1 Å². The fourth-order valence-corrected chi connectivity index (χ4v) is 2.42. The zero-order chi connectivity index (χ0) is 13.1. The highest BCUT2D eigenvalue weighted by atomic mass is 16.5. The molecular formula is C15H21NO2. The van der Waals surface area contributed by atoms with E-state index in [2.05, 4.69) is 0 Å². The normalized spacial score (nSPS) is 31.1. The lowest BCUT2D eigenvalue weighted by molar-refractivity contribution is 0.0371. The molecule has 0 heterocycles. The van der Waals surface area contributed by atoms with Gasteiger partial charge in [-0.15, -0.1) is 0 Å². The fourth-order valence-electron chi connectivity index (χ4n) is 2.42. The van der Waals surface area contributed by atoms with Gasteiger partial charge in [0.05, 0.1) is 12.2 Å². The maximum Gasteiger partial charge on any atom is 0.148 e. The Bertz CT molecular complexity index is 424. The number of aliphatic hydroxyl groups excluding tert-OH is 1. The summed E-state index contributed by atoms with van der Waals surface area (Å²) in [6.07, 6.45) is 9.21. The minimum Gasteiger partial charge on any atom is -0.488 e. The van der Waals surface area contributed by atoms with Crippen molar-refractivity contribution in [2.75, 3.05) is 0 Å². The van der Waals surface area contributed by atoms with Gasteiger partial charge < -0.3 is 9.84 Å². The minimum atomic E-state index is -0.170. The Morgan fingerprint density at radius 1 is 1.28 bits per heavy atom. The SMILES string of the molecule is C/C=C1/C=CC(C)=C(OC2CCC(O)CC2)C1=N. The van der Waals surface area contributed by atoms with Crippen LogP contribution >= 0.6 is 0 Å². The van der Waals surface area contributed by atoms with Gasteiger partial charge in [0, 0.05) is 0 Å². The molecule has 18 heavy (non-hydrogen) atoms. The molecule has 0 amide bonds. The second-order valence-corrected chi connectivity index (χ2v) is 5.01. The van der Waals surface area contributed by atoms with Gasteiger partial charge in [0.2, 0.25) is 0 Å². The quantitative estimate of drug-likeness (QED) is 0.787. The Morgan fingerprint density at radius 3 is 2.56 bits per heavy atom. The van der Waals surface area contributed by atoms with Gasteiger partial charge in [0.1, 0.15) is 11.5 Å². The summed E-state index contributed by atoms with van der Waals surface area (Å²) in [6.45, 7) is 3.91. The Labute approximate surface area is 108 Å². The third-order valence-electron chi connectivity index (χ3n) is 3.63. The predicted octanol–water partition coefficient (Wildman–Crippen LogP) is 3.12. The fraction of sp³-hybridized carbons (Fsp3) is 0.533. The second-order valence-electron chi connectivity index (χ2n) is 5.01. The molecule has 1 saturated carbocycles. The number of ether oxygens (including phenoxy) is 1. The van der Waals surface area contributed by atoms with E-state index in [0.29, 0.717) is 11.5 Å². The summed E-state index contributed by atoms with van der Waals surface area (Å²) in [5, 5.41) is 17.6. The molecule has 2 rings (SSSR count). The number of nitrogens with one attached hydrogen (secondary N) is 1. The van der Waals surface area contributed by atoms with Gasteiger partial charge in [-0.1, -0.05) is 18.2 Å². The van der Waals surface area contributed by atoms with Crippen molar-refractivity contribution in [3.63, 3.8) is 0 Å². The van der Waals surface area contributed by atoms with Crippen LogP contribution in [0.3, 0.4) is 0 Å². The first-order valence-electron chi connectivity index (χ1n) is 6.61. The topological polar surface area (TPSA) is 53.3 Å². The van der Waals surface area contributed by atoms with E-state index in [1.807, 2.05) is 32.1 Å². The van der Waals surface area contributed by atoms with E-state index >= 15 is 0 Å². The molecule has 0 atom stereocenters. The first kappa shape index (κ1) is 13.1. The van der Waals surface area contributed by atoms with Crippen molar-refractivity contribution in [1.82, 2.24) is 0 Å². The zero-order valence-corrected chi connectivity index (χ0v) is 11.1. The smallest absolute Gasteiger partial charge is 0.148 e. The van der Waals surface area contributed by atoms with Crippen molar-refractivity contribution in [2.24, 2.45) is 0 Å². The monoisotopic (exact) mass is 247 g/mol. The standard InChI is InChI=1S/C15H21NO2/c1-3-11-5-4-10(2)15(14(11)16)18-13-8-6-12(17)7-9-13/h3-5,12-13,16-17H,6-9H2,1-2H3/b11-3-,16-14?. The van der Waals surface area contributed by atoms with Crippen LogP contribution in [0.25, 0.3) is 0 Å². The van der Waals surface area contributed by atoms with Gasteiger partial charge in [-0.25, -0.2) is 0 Å². The molecule has 0 saturated heterocycles. The molecule has 3 nitrogen and oxygen atoms in total. The lowest BCUT2D eigenvalue weighted by atomic mass is 9.94. The van der Waals surface area contributed by atoms with E-state index in [4.69, 9.17) is 10.1 Å². The van der Waals surface area contributed by atoms with Crippen LogP contribution in [0, 0.1) is 5.41 Å². The molecule has 98 valence electrons. The van der Waals surface area contributed by atoms with Gasteiger partial charge in [-0.3, -0.25) is 5.41 Å². The van der Waals surface area contributed by atoms with Gasteiger partial charge in [-0.05, 0) is 50.7 Å². The molecule has 2 N–H and O–H groups in total. The maximum absolute atomic E-state index is 9.49. The van der Waals surface area contributed by atoms with Gasteiger partial charge >= 0.3 is 0 Å². The molecule has 2 aliphatic rings. The Balaban J connectivity index is 2.08. The molecule has 0 aliphatic heterocycles. The molecule has 0 bridgehead atoms. The van der Waals surface area contributed by atoms with Crippen molar-refractivity contribution in [3.8, 4) is 0 Å². The van der Waals surface area contributed by atoms with Crippen LogP contribution in [0.4, 0.5) is 0 Å². The average Bonchev–Trinajstić information content (AvgIpc) is 2.37. The first-order valence-corrected chi connectivity index (χ1v) is 6.61. The molecule has 0 aromatic carbocycles. The molecule has 2 aliphatic carbocycles. The first-order chi connectivity index (χ1) is 8.61.